The molecule has 0 amide bonds. The minimum absolute atomic E-state index is 0. The van der Waals surface area contributed by atoms with E-state index in [0.29, 0.717) is 57.0 Å². The number of rotatable bonds is 5. The smallest absolute Gasteiger partial charge is 0.174 e. The van der Waals surface area contributed by atoms with Crippen LogP contribution in [0.25, 0.3) is 0 Å². The topological polar surface area (TPSA) is 78.8 Å². The normalized spacial score (nSPS) is 36.9. The maximum atomic E-state index is 14.5. The number of carbonyl (C=O) groups is 1. The molecular weight excluding hydrogens is 454 g/mol. The van der Waals surface area contributed by atoms with Crippen LogP contribution in [0.5, 0.6) is 11.5 Å². The van der Waals surface area contributed by atoms with E-state index < -0.39 is 17.1 Å². The Hall–Kier alpha value is -2.12. The van der Waals surface area contributed by atoms with Gasteiger partial charge in [0.25, 0.3) is 0 Å². The lowest BCUT2D eigenvalue weighted by Gasteiger charge is -2.68. The monoisotopic (exact) mass is 483 g/mol. The average Bonchev–Trinajstić information content (AvgIpc) is 3.55. The summed E-state index contributed by atoms with van der Waals surface area (Å²) in [5.41, 5.74) is 1.53. The fraction of sp³-hybridized carbons (Fsp3) is 0.519. The van der Waals surface area contributed by atoms with Crippen molar-refractivity contribution in [3.05, 3.63) is 64.4 Å². The lowest BCUT2D eigenvalue weighted by Crippen LogP contribution is -2.81. The number of quaternary nitrogens is 1. The Kier molecular flexibility index (Phi) is 4.89. The van der Waals surface area contributed by atoms with Crippen molar-refractivity contribution < 1.29 is 24.0 Å². The molecule has 2 aliphatic heterocycles. The number of hydrogen-bond donors (Lipinski definition) is 1. The van der Waals surface area contributed by atoms with Crippen LogP contribution in [0.15, 0.2) is 42.5 Å². The highest BCUT2D eigenvalue weighted by Gasteiger charge is 2.77. The maximum Gasteiger partial charge on any atom is 0.174 e. The summed E-state index contributed by atoms with van der Waals surface area (Å²) in [5, 5.41) is 25.2. The number of hydroxylamine groups is 3. The van der Waals surface area contributed by atoms with Gasteiger partial charge in [0, 0.05) is 30.7 Å². The van der Waals surface area contributed by atoms with Crippen LogP contribution in [0.4, 0.5) is 0 Å². The van der Waals surface area contributed by atoms with E-state index in [2.05, 4.69) is 0 Å². The molecule has 7 rings (SSSR count). The summed E-state index contributed by atoms with van der Waals surface area (Å²) in [6.45, 7) is 1.50. The summed E-state index contributed by atoms with van der Waals surface area (Å²) in [5.74, 6) is 1.07. The van der Waals surface area contributed by atoms with Gasteiger partial charge >= 0.3 is 0 Å². The standard InChI is InChI=1S/C27H29NO5.ClH/c29-20-9-8-19-14-22-27(32-16-18-4-2-1-3-5-18)11-10-21(30)25-26(27,23(19)24(20)33-25)12-13-28(22,31)15-17-6-7-17;/h1-5,8-9,17,22,25,29H,6-7,10-16H2;1H/t22-,25+,26+,27?,28+;/m1./s1. The summed E-state index contributed by atoms with van der Waals surface area (Å²) >= 11 is 0. The molecule has 1 saturated heterocycles. The highest BCUT2D eigenvalue weighted by molar-refractivity contribution is 5.90. The molecule has 1 N–H and O–H groups in total. The molecule has 5 aliphatic rings. The van der Waals surface area contributed by atoms with Gasteiger partial charge in [-0.1, -0.05) is 36.4 Å². The molecule has 2 bridgehead atoms. The molecule has 0 radical (unpaired) electrons. The van der Waals surface area contributed by atoms with E-state index >= 15 is 0 Å². The van der Waals surface area contributed by atoms with Crippen molar-refractivity contribution in [1.82, 2.24) is 0 Å². The number of ketones is 1. The minimum atomic E-state index is -0.789. The van der Waals surface area contributed by atoms with Gasteiger partial charge in [-0.15, -0.1) is 12.4 Å². The summed E-state index contributed by atoms with van der Waals surface area (Å²) in [6, 6.07) is 13.4. The third-order valence-electron chi connectivity index (χ3n) is 9.15. The van der Waals surface area contributed by atoms with E-state index in [4.69, 9.17) is 9.47 Å². The number of phenols is 1. The van der Waals surface area contributed by atoms with Crippen LogP contribution in [-0.4, -0.2) is 46.4 Å². The second-order valence-corrected chi connectivity index (χ2v) is 10.8. The first-order chi connectivity index (χ1) is 16.0. The fourth-order valence-electron chi connectivity index (χ4n) is 7.59. The molecule has 34 heavy (non-hydrogen) atoms. The first-order valence-corrected chi connectivity index (χ1v) is 12.3. The van der Waals surface area contributed by atoms with Crippen molar-refractivity contribution >= 4 is 18.2 Å². The lowest BCUT2D eigenvalue weighted by molar-refractivity contribution is -0.924. The van der Waals surface area contributed by atoms with Gasteiger partial charge in [0.05, 0.1) is 25.1 Å². The van der Waals surface area contributed by atoms with Gasteiger partial charge in [-0.25, -0.2) is 0 Å². The van der Waals surface area contributed by atoms with E-state index in [9.17, 15) is 15.1 Å². The summed E-state index contributed by atoms with van der Waals surface area (Å²) < 4.78 is 13.0. The van der Waals surface area contributed by atoms with Gasteiger partial charge < -0.3 is 24.4 Å². The number of phenolic OH excluding ortho intramolecular Hbond substituents is 1. The van der Waals surface area contributed by atoms with Crippen molar-refractivity contribution in [1.29, 1.82) is 0 Å². The molecule has 0 aromatic heterocycles. The highest BCUT2D eigenvalue weighted by Crippen LogP contribution is 2.67. The first-order valence-electron chi connectivity index (χ1n) is 12.3. The summed E-state index contributed by atoms with van der Waals surface area (Å²) in [4.78, 5) is 13.3. The third kappa shape index (κ3) is 2.77. The molecule has 3 fully saturated rings. The number of likely N-dealkylation sites (tertiary alicyclic amines) is 1. The zero-order valence-electron chi connectivity index (χ0n) is 19.1. The van der Waals surface area contributed by atoms with E-state index in [1.807, 2.05) is 36.4 Å². The van der Waals surface area contributed by atoms with Crippen molar-refractivity contribution in [3.63, 3.8) is 0 Å². The van der Waals surface area contributed by atoms with Gasteiger partial charge in [-0.3, -0.25) is 4.79 Å². The Labute approximate surface area is 205 Å². The first kappa shape index (κ1) is 22.4. The third-order valence-corrected chi connectivity index (χ3v) is 9.15. The van der Waals surface area contributed by atoms with E-state index in [0.717, 1.165) is 29.5 Å². The van der Waals surface area contributed by atoms with Crippen molar-refractivity contribution in [2.45, 2.75) is 68.3 Å². The van der Waals surface area contributed by atoms with Gasteiger partial charge in [-0.2, -0.15) is 0 Å². The lowest BCUT2D eigenvalue weighted by atomic mass is 9.48. The SMILES string of the molecule is Cl.O=C1CCC2(OCc3ccccc3)[C@H]3Cc4ccc(O)c5c4[C@@]2(CC[N@+]3([O-])CC2CC2)[C@H]1O5. The van der Waals surface area contributed by atoms with Crippen LogP contribution in [0, 0.1) is 11.1 Å². The van der Waals surface area contributed by atoms with Gasteiger partial charge in [0.1, 0.15) is 11.6 Å². The Balaban J connectivity index is 0.00000217. The number of hydrogen-bond acceptors (Lipinski definition) is 5. The molecule has 2 aromatic carbocycles. The van der Waals surface area contributed by atoms with E-state index in [-0.39, 0.29) is 34.6 Å². The van der Waals surface area contributed by atoms with Crippen LogP contribution >= 0.6 is 12.4 Å². The quantitative estimate of drug-likeness (QED) is 0.509. The molecule has 7 heteroatoms. The number of piperidine rings is 1. The van der Waals surface area contributed by atoms with E-state index in [1.165, 1.54) is 0 Å². The van der Waals surface area contributed by atoms with Crippen molar-refractivity contribution in [2.75, 3.05) is 13.1 Å². The number of carbonyl (C=O) groups excluding carboxylic acids is 1. The summed E-state index contributed by atoms with van der Waals surface area (Å²) in [7, 11) is 0. The molecular formula is C27H30ClNO5. The molecule has 1 unspecified atom stereocenters. The molecule has 3 aliphatic carbocycles. The zero-order chi connectivity index (χ0) is 22.4. The largest absolute Gasteiger partial charge is 0.632 e. The average molecular weight is 484 g/mol. The zero-order valence-corrected chi connectivity index (χ0v) is 19.9. The number of Topliss-reactive ketones (excluding diaryl/α,β-unsaturated/α-hetero) is 1. The second-order valence-electron chi connectivity index (χ2n) is 10.8. The number of halogens is 1. The number of nitrogens with zero attached hydrogens (tertiary/aromatic N) is 1. The van der Waals surface area contributed by atoms with Crippen molar-refractivity contribution in [3.8, 4) is 11.5 Å². The molecule has 180 valence electrons. The van der Waals surface area contributed by atoms with E-state index in [1.54, 1.807) is 6.07 Å². The molecule has 2 heterocycles. The minimum Gasteiger partial charge on any atom is -0.632 e. The Morgan fingerprint density at radius 2 is 1.94 bits per heavy atom. The van der Waals surface area contributed by atoms with Gasteiger partial charge in [0.2, 0.25) is 0 Å². The van der Waals surface area contributed by atoms with Gasteiger partial charge in [0.15, 0.2) is 23.4 Å². The molecule has 1 spiro atoms. The molecule has 2 aromatic rings. The second kappa shape index (κ2) is 7.44. The van der Waals surface area contributed by atoms with Crippen LogP contribution in [0.1, 0.15) is 48.8 Å². The number of ether oxygens (including phenoxy) is 2. The predicted molar refractivity (Wildman–Crippen MR) is 128 cm³/mol. The number of benzene rings is 2. The highest BCUT2D eigenvalue weighted by atomic mass is 35.5. The molecule has 5 atom stereocenters. The van der Waals surface area contributed by atoms with Crippen LogP contribution < -0.4 is 4.74 Å². The molecule has 6 nitrogen and oxygen atoms in total. The Morgan fingerprint density at radius 1 is 1.15 bits per heavy atom. The number of aromatic hydroxyl groups is 1. The summed E-state index contributed by atoms with van der Waals surface area (Å²) in [6.07, 6.45) is 3.60. The fourth-order valence-corrected chi connectivity index (χ4v) is 7.59. The van der Waals surface area contributed by atoms with Crippen LogP contribution in [-0.2, 0) is 28.0 Å². The van der Waals surface area contributed by atoms with Crippen LogP contribution in [0.3, 0.4) is 0 Å². The van der Waals surface area contributed by atoms with Gasteiger partial charge in [-0.05, 0) is 36.5 Å². The Morgan fingerprint density at radius 3 is 2.71 bits per heavy atom. The predicted octanol–water partition coefficient (Wildman–Crippen LogP) is 4.18. The molecule has 2 saturated carbocycles. The van der Waals surface area contributed by atoms with Crippen molar-refractivity contribution in [2.24, 2.45) is 5.92 Å². The Bertz CT molecular complexity index is 1150. The van der Waals surface area contributed by atoms with Crippen LogP contribution in [0.2, 0.25) is 0 Å². The maximum absolute atomic E-state index is 14.5.